The van der Waals surface area contributed by atoms with Gasteiger partial charge in [0.2, 0.25) is 0 Å². The Kier molecular flexibility index (Phi) is 6.23. The van der Waals surface area contributed by atoms with E-state index in [2.05, 4.69) is 11.9 Å². The van der Waals surface area contributed by atoms with Crippen molar-refractivity contribution in [2.75, 3.05) is 27.2 Å². The molecule has 4 nitrogen and oxygen atoms in total. The number of amides is 1. The summed E-state index contributed by atoms with van der Waals surface area (Å²) in [6, 6.07) is 5.48. The fraction of sp³-hybridized carbons (Fsp3) is 0.474. The number of likely N-dealkylation sites (N-methyl/N-ethyl adjacent to an activating group) is 1. The third-order valence-corrected chi connectivity index (χ3v) is 6.93. The summed E-state index contributed by atoms with van der Waals surface area (Å²) in [6.07, 6.45) is 2.31. The number of halogens is 2. The Morgan fingerprint density at radius 1 is 1.42 bits per heavy atom. The second-order valence-electron chi connectivity index (χ2n) is 6.94. The van der Waals surface area contributed by atoms with Gasteiger partial charge in [0.1, 0.15) is 4.88 Å². The molecule has 1 amide bonds. The molecular weight excluding hydrogens is 389 g/mol. The van der Waals surface area contributed by atoms with E-state index >= 15 is 0 Å². The summed E-state index contributed by atoms with van der Waals surface area (Å²) >= 11 is 13.9. The highest BCUT2D eigenvalue weighted by Crippen LogP contribution is 2.32. The van der Waals surface area contributed by atoms with Crippen LogP contribution in [0.25, 0.3) is 0 Å². The number of carbonyl (C=O) groups excluding carboxylic acids is 1. The Hall–Kier alpha value is -1.14. The first-order valence-corrected chi connectivity index (χ1v) is 10.3. The zero-order chi connectivity index (χ0) is 18.8. The first-order valence-electron chi connectivity index (χ1n) is 8.71. The van der Waals surface area contributed by atoms with Gasteiger partial charge in [-0.05, 0) is 45.0 Å². The number of piperidine rings is 1. The number of benzene rings is 1. The second kappa shape index (κ2) is 8.26. The van der Waals surface area contributed by atoms with Crippen LogP contribution in [-0.4, -0.2) is 47.9 Å². The fourth-order valence-corrected chi connectivity index (χ4v) is 4.90. The Morgan fingerprint density at radius 2 is 2.19 bits per heavy atom. The Labute approximate surface area is 168 Å². The molecule has 2 heterocycles. The summed E-state index contributed by atoms with van der Waals surface area (Å²) in [5, 5.41) is 2.08. The molecule has 0 radical (unpaired) electrons. The molecule has 1 atom stereocenters. The predicted octanol–water partition coefficient (Wildman–Crippen LogP) is 4.84. The van der Waals surface area contributed by atoms with E-state index in [9.17, 15) is 4.79 Å². The molecule has 7 heteroatoms. The number of hydrogen-bond acceptors (Lipinski definition) is 4. The lowest BCUT2D eigenvalue weighted by atomic mass is 9.99. The number of hydrogen-bond donors (Lipinski definition) is 0. The summed E-state index contributed by atoms with van der Waals surface area (Å²) in [6.45, 7) is 4.47. The summed E-state index contributed by atoms with van der Waals surface area (Å²) in [7, 11) is 3.92. The van der Waals surface area contributed by atoms with Crippen LogP contribution in [0, 0.1) is 6.92 Å². The molecule has 0 spiro atoms. The lowest BCUT2D eigenvalue weighted by Crippen LogP contribution is -2.30. The van der Waals surface area contributed by atoms with Crippen LogP contribution >= 0.6 is 34.5 Å². The quantitative estimate of drug-likeness (QED) is 0.721. The zero-order valence-corrected chi connectivity index (χ0v) is 17.6. The zero-order valence-electron chi connectivity index (χ0n) is 15.3. The van der Waals surface area contributed by atoms with Crippen LogP contribution in [0.3, 0.4) is 0 Å². The number of nitrogens with zero attached hydrogens (tertiary/aromatic N) is 3. The third kappa shape index (κ3) is 4.22. The van der Waals surface area contributed by atoms with E-state index in [4.69, 9.17) is 28.2 Å². The third-order valence-electron chi connectivity index (χ3n) is 4.77. The lowest BCUT2D eigenvalue weighted by molar-refractivity contribution is 0.0789. The predicted molar refractivity (Wildman–Crippen MR) is 109 cm³/mol. The number of rotatable bonds is 4. The molecule has 140 valence electrons. The molecule has 0 aliphatic carbocycles. The summed E-state index contributed by atoms with van der Waals surface area (Å²) in [5.74, 6) is 0.401. The Balaban J connectivity index is 1.76. The normalized spacial score (nSPS) is 18.1. The van der Waals surface area contributed by atoms with E-state index in [1.165, 1.54) is 17.8 Å². The molecule has 1 aromatic heterocycles. The van der Waals surface area contributed by atoms with Gasteiger partial charge in [-0.15, -0.1) is 11.3 Å². The Morgan fingerprint density at radius 3 is 2.92 bits per heavy atom. The smallest absolute Gasteiger partial charge is 0.265 e. The maximum atomic E-state index is 12.9. The van der Waals surface area contributed by atoms with E-state index < -0.39 is 0 Å². The van der Waals surface area contributed by atoms with E-state index in [-0.39, 0.29) is 5.91 Å². The van der Waals surface area contributed by atoms with Gasteiger partial charge in [-0.2, -0.15) is 0 Å². The van der Waals surface area contributed by atoms with E-state index in [0.717, 1.165) is 35.8 Å². The fourth-order valence-electron chi connectivity index (χ4n) is 3.33. The standard InChI is InChI=1S/C19H23Cl2N3OS/c1-12-17(26-18(22-12)14-7-5-9-23(2)10-14)19(25)24(3)11-13-6-4-8-15(20)16(13)21/h4,6,8,14H,5,7,9-11H2,1-3H3. The molecule has 0 bridgehead atoms. The molecule has 26 heavy (non-hydrogen) atoms. The van der Waals surface area contributed by atoms with E-state index in [1.807, 2.05) is 19.1 Å². The molecule has 1 aliphatic rings. The van der Waals surface area contributed by atoms with Crippen molar-refractivity contribution in [3.63, 3.8) is 0 Å². The van der Waals surface area contributed by atoms with E-state index in [1.54, 1.807) is 18.0 Å². The van der Waals surface area contributed by atoms with Crippen molar-refractivity contribution in [1.82, 2.24) is 14.8 Å². The molecule has 3 rings (SSSR count). The number of thiazole rings is 1. The number of aromatic nitrogens is 1. The minimum Gasteiger partial charge on any atom is -0.337 e. The molecule has 2 aromatic rings. The summed E-state index contributed by atoms with van der Waals surface area (Å²) in [5.41, 5.74) is 1.65. The van der Waals surface area contributed by atoms with Crippen LogP contribution in [0.4, 0.5) is 0 Å². The van der Waals surface area contributed by atoms with Crippen LogP contribution in [-0.2, 0) is 6.54 Å². The highest BCUT2D eigenvalue weighted by Gasteiger charge is 2.26. The van der Waals surface area contributed by atoms with Crippen molar-refractivity contribution in [3.05, 3.63) is 49.4 Å². The summed E-state index contributed by atoms with van der Waals surface area (Å²) < 4.78 is 0. The van der Waals surface area contributed by atoms with Crippen LogP contribution in [0.5, 0.6) is 0 Å². The van der Waals surface area contributed by atoms with Crippen LogP contribution < -0.4 is 0 Å². The molecule has 1 aliphatic heterocycles. The van der Waals surface area contributed by atoms with Gasteiger partial charge in [0.25, 0.3) is 5.91 Å². The molecule has 1 saturated heterocycles. The van der Waals surface area contributed by atoms with Crippen LogP contribution in [0.2, 0.25) is 10.0 Å². The van der Waals surface area contributed by atoms with Gasteiger partial charge >= 0.3 is 0 Å². The molecule has 0 N–H and O–H groups in total. The van der Waals surface area contributed by atoms with Crippen molar-refractivity contribution >= 4 is 40.4 Å². The van der Waals surface area contributed by atoms with Crippen molar-refractivity contribution < 1.29 is 4.79 Å². The number of aryl methyl sites for hydroxylation is 1. The molecule has 1 aromatic carbocycles. The van der Waals surface area contributed by atoms with Gasteiger partial charge in [-0.3, -0.25) is 4.79 Å². The van der Waals surface area contributed by atoms with Crippen molar-refractivity contribution in [2.45, 2.75) is 32.2 Å². The SMILES string of the molecule is Cc1nc(C2CCCN(C)C2)sc1C(=O)N(C)Cc1cccc(Cl)c1Cl. The first kappa shape index (κ1) is 19.6. The minimum absolute atomic E-state index is 0.0218. The average molecular weight is 412 g/mol. The average Bonchev–Trinajstić information content (AvgIpc) is 3.00. The monoisotopic (exact) mass is 411 g/mol. The van der Waals surface area contributed by atoms with E-state index in [0.29, 0.717) is 27.4 Å². The van der Waals surface area contributed by atoms with Gasteiger partial charge in [0.05, 0.1) is 20.7 Å². The molecule has 0 saturated carbocycles. The summed E-state index contributed by atoms with van der Waals surface area (Å²) in [4.78, 5) is 22.4. The number of likely N-dealkylation sites (tertiary alicyclic amines) is 1. The highest BCUT2D eigenvalue weighted by molar-refractivity contribution is 7.13. The maximum Gasteiger partial charge on any atom is 0.265 e. The number of carbonyl (C=O) groups is 1. The molecule has 1 fully saturated rings. The first-order chi connectivity index (χ1) is 12.4. The largest absolute Gasteiger partial charge is 0.337 e. The second-order valence-corrected chi connectivity index (χ2v) is 8.76. The minimum atomic E-state index is -0.0218. The van der Waals surface area contributed by atoms with Crippen molar-refractivity contribution in [2.24, 2.45) is 0 Å². The molecular formula is C19H23Cl2N3OS. The van der Waals surface area contributed by atoms with Crippen LogP contribution in [0.15, 0.2) is 18.2 Å². The van der Waals surface area contributed by atoms with Gasteiger partial charge < -0.3 is 9.80 Å². The molecule has 1 unspecified atom stereocenters. The van der Waals surface area contributed by atoms with Gasteiger partial charge in [-0.1, -0.05) is 35.3 Å². The topological polar surface area (TPSA) is 36.4 Å². The van der Waals surface area contributed by atoms with Crippen molar-refractivity contribution in [1.29, 1.82) is 0 Å². The highest BCUT2D eigenvalue weighted by atomic mass is 35.5. The maximum absolute atomic E-state index is 12.9. The van der Waals surface area contributed by atoms with Crippen LogP contribution in [0.1, 0.15) is 44.7 Å². The lowest BCUT2D eigenvalue weighted by Gasteiger charge is -2.28. The Bertz CT molecular complexity index is 808. The van der Waals surface area contributed by atoms with Gasteiger partial charge in [0, 0.05) is 26.1 Å². The van der Waals surface area contributed by atoms with Crippen molar-refractivity contribution in [3.8, 4) is 0 Å². The van der Waals surface area contributed by atoms with Gasteiger partial charge in [-0.25, -0.2) is 4.98 Å². The van der Waals surface area contributed by atoms with Gasteiger partial charge in [0.15, 0.2) is 0 Å².